The average molecular weight is 615 g/mol. The number of hydrogen-bond acceptors (Lipinski definition) is 6. The highest BCUT2D eigenvalue weighted by atomic mass is 16.5. The molecule has 2 aromatic rings. The molecule has 0 amide bonds. The van der Waals surface area contributed by atoms with Crippen molar-refractivity contribution in [1.29, 1.82) is 0 Å². The van der Waals surface area contributed by atoms with Crippen LogP contribution in [0, 0.1) is 17.3 Å². The molecule has 2 aliphatic carbocycles. The molecule has 6 nitrogen and oxygen atoms in total. The van der Waals surface area contributed by atoms with Gasteiger partial charge in [0, 0.05) is 58.9 Å². The summed E-state index contributed by atoms with van der Waals surface area (Å²) >= 11 is 0. The molecule has 2 saturated carbocycles. The summed E-state index contributed by atoms with van der Waals surface area (Å²) in [6.07, 6.45) is 11.3. The van der Waals surface area contributed by atoms with Crippen molar-refractivity contribution < 1.29 is 9.53 Å². The number of piperidine rings is 4. The van der Waals surface area contributed by atoms with Gasteiger partial charge >= 0.3 is 5.97 Å². The Balaban J connectivity index is 1.20. The molecule has 4 bridgehead atoms. The highest BCUT2D eigenvalue weighted by Gasteiger charge is 2.87. The minimum Gasteiger partial charge on any atom is -0.467 e. The number of para-hydroxylation sites is 2. The first kappa shape index (κ1) is 26.2. The van der Waals surface area contributed by atoms with E-state index in [0.717, 1.165) is 32.5 Å². The van der Waals surface area contributed by atoms with Gasteiger partial charge in [0.2, 0.25) is 0 Å². The Morgan fingerprint density at radius 1 is 0.935 bits per heavy atom. The summed E-state index contributed by atoms with van der Waals surface area (Å²) in [6.45, 7) is 10.6. The molecule has 10 atom stereocenters. The van der Waals surface area contributed by atoms with E-state index in [4.69, 9.17) is 4.74 Å². The largest absolute Gasteiger partial charge is 0.467 e. The first-order valence-corrected chi connectivity index (χ1v) is 18.5. The normalized spacial score (nSPS) is 48.7. The molecule has 4 spiro atoms. The van der Waals surface area contributed by atoms with Gasteiger partial charge in [0.1, 0.15) is 6.04 Å². The monoisotopic (exact) mass is 614 g/mol. The molecule has 0 radical (unpaired) electrons. The SMILES string of the molecule is CC=C1CN2CCC34CN5c6c(cccc6C36C2CC1C(C(=O)OC)N6c1ccccc14)C12CCN3CCCC4(CCC51C4C)C32. The van der Waals surface area contributed by atoms with E-state index in [0.29, 0.717) is 23.4 Å². The smallest absolute Gasteiger partial charge is 0.329 e. The van der Waals surface area contributed by atoms with Gasteiger partial charge in [-0.05, 0) is 100 Å². The number of esters is 1. The fourth-order valence-corrected chi connectivity index (χ4v) is 16.1. The summed E-state index contributed by atoms with van der Waals surface area (Å²) in [7, 11) is 1.61. The van der Waals surface area contributed by atoms with Crippen LogP contribution in [-0.4, -0.2) is 79.3 Å². The summed E-state index contributed by atoms with van der Waals surface area (Å²) in [5.74, 6) is 0.810. The van der Waals surface area contributed by atoms with Crippen molar-refractivity contribution >= 4 is 17.3 Å². The Kier molecular flexibility index (Phi) is 4.40. The maximum atomic E-state index is 14.3. The Labute approximate surface area is 272 Å². The quantitative estimate of drug-likeness (QED) is 0.319. The summed E-state index contributed by atoms with van der Waals surface area (Å²) in [6, 6.07) is 17.6. The first-order valence-electron chi connectivity index (χ1n) is 18.5. The van der Waals surface area contributed by atoms with Gasteiger partial charge in [0.25, 0.3) is 0 Å². The topological polar surface area (TPSA) is 39.3 Å². The van der Waals surface area contributed by atoms with Gasteiger partial charge in [-0.3, -0.25) is 9.80 Å². The zero-order valence-corrected chi connectivity index (χ0v) is 27.6. The third kappa shape index (κ3) is 2.17. The number of allylic oxidation sites excluding steroid dienone is 1. The zero-order chi connectivity index (χ0) is 30.6. The van der Waals surface area contributed by atoms with Crippen LogP contribution in [0.1, 0.15) is 75.5 Å². The van der Waals surface area contributed by atoms with Crippen molar-refractivity contribution in [1.82, 2.24) is 9.80 Å². The van der Waals surface area contributed by atoms with Crippen LogP contribution in [0.4, 0.5) is 11.4 Å². The lowest BCUT2D eigenvalue weighted by Gasteiger charge is -2.71. The van der Waals surface area contributed by atoms with E-state index >= 15 is 0 Å². The van der Waals surface area contributed by atoms with E-state index in [1.165, 1.54) is 67.6 Å². The van der Waals surface area contributed by atoms with E-state index < -0.39 is 0 Å². The highest BCUT2D eigenvalue weighted by Crippen LogP contribution is 2.83. The maximum Gasteiger partial charge on any atom is 0.329 e. The summed E-state index contributed by atoms with van der Waals surface area (Å²) < 4.78 is 5.77. The molecule has 7 fully saturated rings. The summed E-state index contributed by atoms with van der Waals surface area (Å²) in [5.41, 5.74) is 9.51. The number of ether oxygens (including phenoxy) is 1. The van der Waals surface area contributed by atoms with Gasteiger partial charge in [-0.2, -0.15) is 0 Å². The number of nitrogens with zero attached hydrogens (tertiary/aromatic N) is 4. The second-order valence-electron chi connectivity index (χ2n) is 17.1. The first-order chi connectivity index (χ1) is 22.5. The van der Waals surface area contributed by atoms with Crippen molar-refractivity contribution in [2.24, 2.45) is 17.3 Å². The third-order valence-corrected chi connectivity index (χ3v) is 17.0. The predicted molar refractivity (Wildman–Crippen MR) is 178 cm³/mol. The van der Waals surface area contributed by atoms with Gasteiger partial charge in [0.05, 0.1) is 18.2 Å². The van der Waals surface area contributed by atoms with E-state index in [1.54, 1.807) is 18.4 Å². The van der Waals surface area contributed by atoms with Crippen LogP contribution in [0.5, 0.6) is 0 Å². The fraction of sp³-hybridized carbons (Fsp3) is 0.625. The lowest BCUT2D eigenvalue weighted by molar-refractivity contribution is -0.148. The van der Waals surface area contributed by atoms with Crippen LogP contribution in [0.25, 0.3) is 0 Å². The van der Waals surface area contributed by atoms with Crippen LogP contribution in [-0.2, 0) is 25.9 Å². The molecule has 8 aliphatic heterocycles. The molecule has 2 aromatic carbocycles. The number of carbonyl (C=O) groups is 1. The minimum atomic E-state index is -0.311. The van der Waals surface area contributed by atoms with Crippen LogP contribution in [0.3, 0.4) is 0 Å². The van der Waals surface area contributed by atoms with Crippen LogP contribution in [0.15, 0.2) is 54.1 Å². The molecular formula is C40H46N4O2. The third-order valence-electron chi connectivity index (χ3n) is 17.0. The van der Waals surface area contributed by atoms with Gasteiger partial charge in [-0.1, -0.05) is 55.0 Å². The molecule has 10 aliphatic rings. The van der Waals surface area contributed by atoms with Crippen molar-refractivity contribution in [3.8, 4) is 0 Å². The molecule has 238 valence electrons. The molecule has 0 N–H and O–H groups in total. The number of methoxy groups -OCH3 is 1. The maximum absolute atomic E-state index is 14.3. The number of carbonyl (C=O) groups excluding carboxylic acids is 1. The number of fused-ring (bicyclic) bond motifs is 3. The van der Waals surface area contributed by atoms with Crippen molar-refractivity contribution in [3.05, 3.63) is 70.8 Å². The van der Waals surface area contributed by atoms with Crippen LogP contribution in [0.2, 0.25) is 0 Å². The zero-order valence-electron chi connectivity index (χ0n) is 27.6. The second kappa shape index (κ2) is 7.73. The Bertz CT molecular complexity index is 1820. The molecule has 10 unspecified atom stereocenters. The lowest BCUT2D eigenvalue weighted by Crippen LogP contribution is -2.81. The minimum absolute atomic E-state index is 0.0614. The Morgan fingerprint density at radius 2 is 1.76 bits per heavy atom. The molecule has 6 heteroatoms. The summed E-state index contributed by atoms with van der Waals surface area (Å²) in [5, 5.41) is 0. The summed E-state index contributed by atoms with van der Waals surface area (Å²) in [4.78, 5) is 25.9. The van der Waals surface area contributed by atoms with E-state index in [1.807, 2.05) is 0 Å². The Hall–Kier alpha value is -2.83. The standard InChI is InChI=1S/C40H46N4O2/c1-4-25-22-42-19-16-37-23-43-33-28(38-17-20-41-18-8-13-36(35(38)41)14-15-39(38,43)24(36)2)10-7-11-29(33)40(37)31(42)21-26(25)32(34(45)46-3)44(40)30-12-6-5-9-27(30)37/h4-7,9-12,24,26,31-32,35H,8,13-23H2,1-3H3. The van der Waals surface area contributed by atoms with E-state index in [9.17, 15) is 4.79 Å². The van der Waals surface area contributed by atoms with Crippen molar-refractivity contribution in [2.75, 3.05) is 49.6 Å². The van der Waals surface area contributed by atoms with Crippen molar-refractivity contribution in [2.45, 2.75) is 98.8 Å². The van der Waals surface area contributed by atoms with Crippen LogP contribution < -0.4 is 9.80 Å². The predicted octanol–water partition coefficient (Wildman–Crippen LogP) is 5.34. The number of hydrogen-bond donors (Lipinski definition) is 0. The average Bonchev–Trinajstić information content (AvgIpc) is 3.82. The molecule has 0 aromatic heterocycles. The van der Waals surface area contributed by atoms with Gasteiger partial charge in [0.15, 0.2) is 0 Å². The van der Waals surface area contributed by atoms with Gasteiger partial charge in [-0.25, -0.2) is 4.79 Å². The molecular weight excluding hydrogens is 568 g/mol. The lowest BCUT2D eigenvalue weighted by atomic mass is 9.50. The Morgan fingerprint density at radius 3 is 2.63 bits per heavy atom. The van der Waals surface area contributed by atoms with Gasteiger partial charge < -0.3 is 14.5 Å². The highest BCUT2D eigenvalue weighted by molar-refractivity contribution is 5.90. The second-order valence-corrected chi connectivity index (χ2v) is 17.1. The number of benzene rings is 2. The van der Waals surface area contributed by atoms with Crippen LogP contribution >= 0.6 is 0 Å². The van der Waals surface area contributed by atoms with E-state index in [2.05, 4.69) is 82.0 Å². The number of anilines is 2. The molecule has 46 heavy (non-hydrogen) atoms. The number of rotatable bonds is 1. The fourth-order valence-electron chi connectivity index (χ4n) is 16.1. The molecule has 8 heterocycles. The van der Waals surface area contributed by atoms with Gasteiger partial charge in [-0.15, -0.1) is 0 Å². The van der Waals surface area contributed by atoms with E-state index in [-0.39, 0.29) is 39.8 Å². The molecule has 5 saturated heterocycles. The molecule has 12 rings (SSSR count). The van der Waals surface area contributed by atoms with Crippen molar-refractivity contribution in [3.63, 3.8) is 0 Å².